The van der Waals surface area contributed by atoms with Crippen molar-refractivity contribution < 1.29 is 4.79 Å². The van der Waals surface area contributed by atoms with Gasteiger partial charge in [0, 0.05) is 43.4 Å². The van der Waals surface area contributed by atoms with Crippen molar-refractivity contribution in [2.75, 3.05) is 13.1 Å². The van der Waals surface area contributed by atoms with Gasteiger partial charge in [0.05, 0.1) is 0 Å². The van der Waals surface area contributed by atoms with Crippen LogP contribution in [-0.4, -0.2) is 33.4 Å². The summed E-state index contributed by atoms with van der Waals surface area (Å²) < 4.78 is 2.42. The first-order valence-corrected chi connectivity index (χ1v) is 7.87. The second-order valence-electron chi connectivity index (χ2n) is 6.71. The van der Waals surface area contributed by atoms with E-state index in [4.69, 9.17) is 0 Å². The SMILES string of the molecule is Cc1cnc(CC2CCN(C(=O)C(C)C)C2)n1C1CC1. The van der Waals surface area contributed by atoms with Crippen molar-refractivity contribution in [3.05, 3.63) is 17.7 Å². The first kappa shape index (κ1) is 13.7. The van der Waals surface area contributed by atoms with Gasteiger partial charge < -0.3 is 9.47 Å². The zero-order chi connectivity index (χ0) is 14.3. The molecular formula is C16H25N3O. The van der Waals surface area contributed by atoms with Crippen LogP contribution in [0, 0.1) is 18.8 Å². The number of likely N-dealkylation sites (tertiary alicyclic amines) is 1. The number of aryl methyl sites for hydroxylation is 1. The van der Waals surface area contributed by atoms with Crippen LogP contribution >= 0.6 is 0 Å². The van der Waals surface area contributed by atoms with Crippen LogP contribution < -0.4 is 0 Å². The van der Waals surface area contributed by atoms with Gasteiger partial charge in [0.25, 0.3) is 0 Å². The molecule has 1 aromatic rings. The second-order valence-corrected chi connectivity index (χ2v) is 6.71. The molecule has 0 N–H and O–H groups in total. The molecule has 2 fully saturated rings. The Bertz CT molecular complexity index is 502. The van der Waals surface area contributed by atoms with Crippen molar-refractivity contribution in [3.8, 4) is 0 Å². The largest absolute Gasteiger partial charge is 0.342 e. The Morgan fingerprint density at radius 1 is 1.40 bits per heavy atom. The Labute approximate surface area is 121 Å². The van der Waals surface area contributed by atoms with Gasteiger partial charge in [-0.25, -0.2) is 4.98 Å². The summed E-state index contributed by atoms with van der Waals surface area (Å²) >= 11 is 0. The van der Waals surface area contributed by atoms with Crippen molar-refractivity contribution in [3.63, 3.8) is 0 Å². The first-order valence-electron chi connectivity index (χ1n) is 7.87. The Morgan fingerprint density at radius 3 is 2.80 bits per heavy atom. The molecule has 4 nitrogen and oxygen atoms in total. The van der Waals surface area contributed by atoms with E-state index in [0.717, 1.165) is 25.9 Å². The highest BCUT2D eigenvalue weighted by molar-refractivity contribution is 5.78. The Balaban J connectivity index is 1.64. The normalized spacial score (nSPS) is 22.8. The molecule has 0 aromatic carbocycles. The van der Waals surface area contributed by atoms with Crippen LogP contribution in [0.15, 0.2) is 6.20 Å². The third-order valence-electron chi connectivity index (χ3n) is 4.53. The standard InChI is InChI=1S/C16H25N3O/c1-11(2)16(20)18-7-6-13(10-18)8-15-17-9-12(3)19(15)14-4-5-14/h9,11,13-14H,4-8,10H2,1-3H3. The van der Waals surface area contributed by atoms with Crippen molar-refractivity contribution in [2.24, 2.45) is 11.8 Å². The Morgan fingerprint density at radius 2 is 2.15 bits per heavy atom. The van der Waals surface area contributed by atoms with Crippen LogP contribution in [0.3, 0.4) is 0 Å². The molecule has 1 saturated carbocycles. The van der Waals surface area contributed by atoms with Crippen LogP contribution in [0.25, 0.3) is 0 Å². The molecule has 20 heavy (non-hydrogen) atoms. The zero-order valence-electron chi connectivity index (χ0n) is 12.8. The zero-order valence-corrected chi connectivity index (χ0v) is 12.8. The van der Waals surface area contributed by atoms with Gasteiger partial charge in [-0.1, -0.05) is 13.8 Å². The van der Waals surface area contributed by atoms with Gasteiger partial charge in [-0.15, -0.1) is 0 Å². The maximum absolute atomic E-state index is 12.0. The first-order chi connectivity index (χ1) is 9.56. The maximum atomic E-state index is 12.0. The van der Waals surface area contributed by atoms with E-state index in [1.807, 2.05) is 24.9 Å². The number of rotatable bonds is 4. The van der Waals surface area contributed by atoms with E-state index in [0.29, 0.717) is 17.9 Å². The van der Waals surface area contributed by atoms with Crippen LogP contribution in [-0.2, 0) is 11.2 Å². The topological polar surface area (TPSA) is 38.1 Å². The number of hydrogen-bond acceptors (Lipinski definition) is 2. The average Bonchev–Trinajstić information content (AvgIpc) is 3.02. The van der Waals surface area contributed by atoms with E-state index in [9.17, 15) is 4.79 Å². The fourth-order valence-corrected chi connectivity index (χ4v) is 3.30. The second kappa shape index (κ2) is 5.23. The maximum Gasteiger partial charge on any atom is 0.225 e. The van der Waals surface area contributed by atoms with Crippen LogP contribution in [0.5, 0.6) is 0 Å². The van der Waals surface area contributed by atoms with Gasteiger partial charge in [0.15, 0.2) is 0 Å². The quantitative estimate of drug-likeness (QED) is 0.847. The molecule has 0 spiro atoms. The monoisotopic (exact) mass is 275 g/mol. The van der Waals surface area contributed by atoms with E-state index >= 15 is 0 Å². The molecule has 1 aromatic heterocycles. The minimum Gasteiger partial charge on any atom is -0.342 e. The minimum atomic E-state index is 0.115. The summed E-state index contributed by atoms with van der Waals surface area (Å²) in [6.45, 7) is 7.95. The van der Waals surface area contributed by atoms with Crippen LogP contribution in [0.1, 0.15) is 50.7 Å². The highest BCUT2D eigenvalue weighted by Crippen LogP contribution is 2.37. The van der Waals surface area contributed by atoms with E-state index in [1.54, 1.807) is 0 Å². The third-order valence-corrected chi connectivity index (χ3v) is 4.53. The molecule has 0 bridgehead atoms. The van der Waals surface area contributed by atoms with E-state index in [-0.39, 0.29) is 5.92 Å². The number of hydrogen-bond donors (Lipinski definition) is 0. The molecule has 2 aliphatic rings. The molecule has 1 unspecified atom stereocenters. The summed E-state index contributed by atoms with van der Waals surface area (Å²) in [6, 6.07) is 0.697. The van der Waals surface area contributed by atoms with Crippen molar-refractivity contribution in [1.82, 2.24) is 14.5 Å². The highest BCUT2D eigenvalue weighted by atomic mass is 16.2. The van der Waals surface area contributed by atoms with Gasteiger partial charge in [0.1, 0.15) is 5.82 Å². The van der Waals surface area contributed by atoms with E-state index in [2.05, 4.69) is 16.5 Å². The number of aromatic nitrogens is 2. The molecule has 2 heterocycles. The highest BCUT2D eigenvalue weighted by Gasteiger charge is 2.31. The predicted molar refractivity (Wildman–Crippen MR) is 78.5 cm³/mol. The van der Waals surface area contributed by atoms with Gasteiger partial charge in [-0.2, -0.15) is 0 Å². The average molecular weight is 275 g/mol. The van der Waals surface area contributed by atoms with Gasteiger partial charge in [-0.05, 0) is 32.1 Å². The molecule has 110 valence electrons. The lowest BCUT2D eigenvalue weighted by molar-refractivity contribution is -0.133. The summed E-state index contributed by atoms with van der Waals surface area (Å²) in [5.41, 5.74) is 1.29. The molecule has 1 saturated heterocycles. The molecular weight excluding hydrogens is 250 g/mol. The van der Waals surface area contributed by atoms with Gasteiger partial charge in [-0.3, -0.25) is 4.79 Å². The molecule has 4 heteroatoms. The van der Waals surface area contributed by atoms with Gasteiger partial charge >= 0.3 is 0 Å². The van der Waals surface area contributed by atoms with Crippen LogP contribution in [0.4, 0.5) is 0 Å². The molecule has 3 rings (SSSR count). The molecule has 1 amide bonds. The van der Waals surface area contributed by atoms with Crippen molar-refractivity contribution in [1.29, 1.82) is 0 Å². The Hall–Kier alpha value is -1.32. The summed E-state index contributed by atoms with van der Waals surface area (Å²) in [4.78, 5) is 18.7. The number of nitrogens with zero attached hydrogens (tertiary/aromatic N) is 3. The van der Waals surface area contributed by atoms with Gasteiger partial charge in [0.2, 0.25) is 5.91 Å². The molecule has 0 radical (unpaired) electrons. The lowest BCUT2D eigenvalue weighted by atomic mass is 10.0. The van der Waals surface area contributed by atoms with Crippen molar-refractivity contribution >= 4 is 5.91 Å². The lowest BCUT2D eigenvalue weighted by Crippen LogP contribution is -2.32. The number of carbonyl (C=O) groups excluding carboxylic acids is 1. The van der Waals surface area contributed by atoms with E-state index < -0.39 is 0 Å². The summed E-state index contributed by atoms with van der Waals surface area (Å²) in [7, 11) is 0. The van der Waals surface area contributed by atoms with E-state index in [1.165, 1.54) is 24.4 Å². The number of amides is 1. The summed E-state index contributed by atoms with van der Waals surface area (Å²) in [6.07, 6.45) is 6.74. The number of imidazole rings is 1. The fraction of sp³-hybridized carbons (Fsp3) is 0.750. The molecule has 1 atom stereocenters. The fourth-order valence-electron chi connectivity index (χ4n) is 3.30. The summed E-state index contributed by atoms with van der Waals surface area (Å²) in [5.74, 6) is 2.23. The Kier molecular flexibility index (Phi) is 3.57. The number of carbonyl (C=O) groups is 1. The van der Waals surface area contributed by atoms with Crippen molar-refractivity contribution in [2.45, 2.75) is 52.5 Å². The molecule has 1 aliphatic heterocycles. The lowest BCUT2D eigenvalue weighted by Gasteiger charge is -2.19. The summed E-state index contributed by atoms with van der Waals surface area (Å²) in [5, 5.41) is 0. The van der Waals surface area contributed by atoms with Crippen LogP contribution in [0.2, 0.25) is 0 Å². The third kappa shape index (κ3) is 2.60. The minimum absolute atomic E-state index is 0.115. The predicted octanol–water partition coefficient (Wildman–Crippen LogP) is 2.57. The smallest absolute Gasteiger partial charge is 0.225 e. The molecule has 1 aliphatic carbocycles.